The Hall–Kier alpha value is -3.03. The molecule has 2 aromatic rings. The van der Waals surface area contributed by atoms with Crippen LogP contribution in [-0.2, 0) is 11.3 Å². The smallest absolute Gasteiger partial charge is 0.354 e. The lowest BCUT2D eigenvalue weighted by Crippen LogP contribution is -2.28. The second kappa shape index (κ2) is 8.18. The largest absolute Gasteiger partial charge is 0.497 e. The van der Waals surface area contributed by atoms with Crippen LogP contribution in [0.2, 0.25) is 0 Å². The number of aryl methyl sites for hydroxylation is 1. The molecule has 0 aliphatic carbocycles. The highest BCUT2D eigenvalue weighted by Crippen LogP contribution is 2.29. The molecular formula is C17H21N3O5. The third-order valence-corrected chi connectivity index (χ3v) is 3.77. The second-order valence-corrected chi connectivity index (χ2v) is 5.39. The van der Waals surface area contributed by atoms with E-state index in [9.17, 15) is 9.59 Å². The van der Waals surface area contributed by atoms with E-state index < -0.39 is 5.97 Å². The van der Waals surface area contributed by atoms with Gasteiger partial charge in [0.05, 0.1) is 26.8 Å². The van der Waals surface area contributed by atoms with Gasteiger partial charge in [0.25, 0.3) is 0 Å². The van der Waals surface area contributed by atoms with Crippen LogP contribution in [0, 0.1) is 0 Å². The van der Waals surface area contributed by atoms with Gasteiger partial charge in [0, 0.05) is 18.2 Å². The molecule has 0 aliphatic heterocycles. The fraction of sp³-hybridized carbons (Fsp3) is 0.353. The van der Waals surface area contributed by atoms with Crippen molar-refractivity contribution in [3.63, 3.8) is 0 Å². The van der Waals surface area contributed by atoms with E-state index in [1.807, 2.05) is 6.92 Å². The predicted molar refractivity (Wildman–Crippen MR) is 89.9 cm³/mol. The van der Waals surface area contributed by atoms with Crippen LogP contribution in [0.1, 0.15) is 35.4 Å². The Balaban J connectivity index is 2.00. The molecule has 1 unspecified atom stereocenters. The van der Waals surface area contributed by atoms with Gasteiger partial charge in [0.1, 0.15) is 17.2 Å². The number of nitrogens with zero attached hydrogens (tertiary/aromatic N) is 2. The van der Waals surface area contributed by atoms with Crippen molar-refractivity contribution in [2.24, 2.45) is 0 Å². The van der Waals surface area contributed by atoms with Crippen LogP contribution in [0.25, 0.3) is 0 Å². The molecule has 25 heavy (non-hydrogen) atoms. The van der Waals surface area contributed by atoms with Crippen LogP contribution in [0.3, 0.4) is 0 Å². The third-order valence-electron chi connectivity index (χ3n) is 3.77. The normalized spacial score (nSPS) is 11.6. The van der Waals surface area contributed by atoms with E-state index in [0.29, 0.717) is 11.5 Å². The summed E-state index contributed by atoms with van der Waals surface area (Å²) in [5, 5.41) is 15.8. The molecular weight excluding hydrogens is 326 g/mol. The maximum Gasteiger partial charge on any atom is 0.354 e. The lowest BCUT2D eigenvalue weighted by atomic mass is 10.1. The van der Waals surface area contributed by atoms with E-state index in [-0.39, 0.29) is 30.6 Å². The van der Waals surface area contributed by atoms with E-state index in [1.54, 1.807) is 32.4 Å². The summed E-state index contributed by atoms with van der Waals surface area (Å²) in [6.45, 7) is 2.02. The van der Waals surface area contributed by atoms with Gasteiger partial charge in [-0.3, -0.25) is 9.48 Å². The van der Waals surface area contributed by atoms with Gasteiger partial charge in [-0.1, -0.05) is 0 Å². The molecule has 8 heteroatoms. The standard InChI is InChI=1S/C17H21N3O5/c1-11(13-10-12(24-2)4-5-15(13)25-3)19-16(21)7-9-20-14(17(22)23)6-8-18-20/h4-6,8,10-11H,7,9H2,1-3H3,(H,19,21)(H,22,23). The first-order valence-electron chi connectivity index (χ1n) is 7.72. The number of methoxy groups -OCH3 is 2. The summed E-state index contributed by atoms with van der Waals surface area (Å²) >= 11 is 0. The number of carboxylic acid groups (broad SMARTS) is 1. The third kappa shape index (κ3) is 4.50. The van der Waals surface area contributed by atoms with Gasteiger partial charge in [-0.2, -0.15) is 5.10 Å². The van der Waals surface area contributed by atoms with Crippen LogP contribution >= 0.6 is 0 Å². The highest BCUT2D eigenvalue weighted by molar-refractivity contribution is 5.85. The number of carboxylic acids is 1. The zero-order chi connectivity index (χ0) is 18.4. The Kier molecular flexibility index (Phi) is 5.99. The summed E-state index contributed by atoms with van der Waals surface area (Å²) in [5.74, 6) is 0.0185. The zero-order valence-corrected chi connectivity index (χ0v) is 14.4. The monoisotopic (exact) mass is 347 g/mol. The number of aromatic carboxylic acids is 1. The van der Waals surface area contributed by atoms with Crippen molar-refractivity contribution in [1.82, 2.24) is 15.1 Å². The van der Waals surface area contributed by atoms with Gasteiger partial charge in [0.2, 0.25) is 5.91 Å². The van der Waals surface area contributed by atoms with E-state index >= 15 is 0 Å². The molecule has 0 spiro atoms. The van der Waals surface area contributed by atoms with Crippen molar-refractivity contribution in [1.29, 1.82) is 0 Å². The number of amides is 1. The Labute approximate surface area is 145 Å². The molecule has 0 saturated carbocycles. The molecule has 134 valence electrons. The highest BCUT2D eigenvalue weighted by atomic mass is 16.5. The number of hydrogen-bond donors (Lipinski definition) is 2. The van der Waals surface area contributed by atoms with Crippen LogP contribution in [0.5, 0.6) is 11.5 Å². The van der Waals surface area contributed by atoms with Crippen molar-refractivity contribution in [2.75, 3.05) is 14.2 Å². The van der Waals surface area contributed by atoms with Crippen LogP contribution < -0.4 is 14.8 Å². The minimum absolute atomic E-state index is 0.0512. The van der Waals surface area contributed by atoms with Crippen molar-refractivity contribution in [3.8, 4) is 11.5 Å². The van der Waals surface area contributed by atoms with E-state index in [1.165, 1.54) is 16.9 Å². The van der Waals surface area contributed by atoms with Crippen LogP contribution in [0.15, 0.2) is 30.5 Å². The van der Waals surface area contributed by atoms with Gasteiger partial charge in [0.15, 0.2) is 0 Å². The first-order chi connectivity index (χ1) is 12.0. The molecule has 1 aromatic carbocycles. The number of hydrogen-bond acceptors (Lipinski definition) is 5. The molecule has 1 atom stereocenters. The predicted octanol–water partition coefficient (Wildman–Crippen LogP) is 1.87. The zero-order valence-electron chi connectivity index (χ0n) is 14.4. The van der Waals surface area contributed by atoms with E-state index in [0.717, 1.165) is 5.56 Å². The minimum atomic E-state index is -1.08. The number of benzene rings is 1. The molecule has 0 bridgehead atoms. The van der Waals surface area contributed by atoms with Gasteiger partial charge >= 0.3 is 5.97 Å². The van der Waals surface area contributed by atoms with Gasteiger partial charge in [-0.25, -0.2) is 4.79 Å². The average Bonchev–Trinajstić information content (AvgIpc) is 3.08. The van der Waals surface area contributed by atoms with Crippen molar-refractivity contribution < 1.29 is 24.2 Å². The first kappa shape index (κ1) is 18.3. The Morgan fingerprint density at radius 2 is 2.04 bits per heavy atom. The van der Waals surface area contributed by atoms with Crippen molar-refractivity contribution in [3.05, 3.63) is 41.7 Å². The van der Waals surface area contributed by atoms with Gasteiger partial charge < -0.3 is 19.9 Å². The molecule has 0 radical (unpaired) electrons. The van der Waals surface area contributed by atoms with E-state index in [4.69, 9.17) is 14.6 Å². The van der Waals surface area contributed by atoms with Gasteiger partial charge in [-0.05, 0) is 31.2 Å². The molecule has 0 saturated heterocycles. The number of carbonyl (C=O) groups excluding carboxylic acids is 1. The summed E-state index contributed by atoms with van der Waals surface area (Å²) in [5.41, 5.74) is 0.843. The number of rotatable bonds is 8. The maximum atomic E-state index is 12.2. The Bertz CT molecular complexity index is 756. The number of ether oxygens (including phenoxy) is 2. The molecule has 0 fully saturated rings. The molecule has 1 aromatic heterocycles. The SMILES string of the molecule is COc1ccc(OC)c(C(C)NC(=O)CCn2nccc2C(=O)O)c1. The van der Waals surface area contributed by atoms with Gasteiger partial charge in [-0.15, -0.1) is 0 Å². The highest BCUT2D eigenvalue weighted by Gasteiger charge is 2.16. The summed E-state index contributed by atoms with van der Waals surface area (Å²) in [6.07, 6.45) is 1.50. The molecule has 1 heterocycles. The average molecular weight is 347 g/mol. The van der Waals surface area contributed by atoms with Crippen molar-refractivity contribution in [2.45, 2.75) is 25.9 Å². The summed E-state index contributed by atoms with van der Waals surface area (Å²) in [6, 6.07) is 6.46. The van der Waals surface area contributed by atoms with Crippen LogP contribution in [0.4, 0.5) is 0 Å². The number of carbonyl (C=O) groups is 2. The Morgan fingerprint density at radius 1 is 1.28 bits per heavy atom. The molecule has 2 rings (SSSR count). The summed E-state index contributed by atoms with van der Waals surface area (Å²) in [4.78, 5) is 23.2. The van der Waals surface area contributed by atoms with Crippen LogP contribution in [-0.4, -0.2) is 41.0 Å². The number of nitrogens with one attached hydrogen (secondary N) is 1. The summed E-state index contributed by atoms with van der Waals surface area (Å²) in [7, 11) is 3.13. The minimum Gasteiger partial charge on any atom is -0.497 e. The lowest BCUT2D eigenvalue weighted by molar-refractivity contribution is -0.122. The Morgan fingerprint density at radius 3 is 2.68 bits per heavy atom. The lowest BCUT2D eigenvalue weighted by Gasteiger charge is -2.18. The number of aromatic nitrogens is 2. The topological polar surface area (TPSA) is 103 Å². The molecule has 0 aliphatic rings. The molecule has 1 amide bonds. The van der Waals surface area contributed by atoms with Crippen molar-refractivity contribution >= 4 is 11.9 Å². The summed E-state index contributed by atoms with van der Waals surface area (Å²) < 4.78 is 11.8. The quantitative estimate of drug-likeness (QED) is 0.756. The molecule has 8 nitrogen and oxygen atoms in total. The second-order valence-electron chi connectivity index (χ2n) is 5.39. The first-order valence-corrected chi connectivity index (χ1v) is 7.72. The fourth-order valence-electron chi connectivity index (χ4n) is 2.47. The molecule has 2 N–H and O–H groups in total. The fourth-order valence-corrected chi connectivity index (χ4v) is 2.47. The van der Waals surface area contributed by atoms with E-state index in [2.05, 4.69) is 10.4 Å². The maximum absolute atomic E-state index is 12.2.